The molecular formula is C15H16FN3O2S. The van der Waals surface area contributed by atoms with Gasteiger partial charge >= 0.3 is 0 Å². The molecule has 0 saturated heterocycles. The molecular weight excluding hydrogens is 305 g/mol. The fraction of sp³-hybridized carbons (Fsp3) is 0.267. The third kappa shape index (κ3) is 4.63. The number of hydrogen-bond donors (Lipinski definition) is 2. The zero-order chi connectivity index (χ0) is 16.1. The summed E-state index contributed by atoms with van der Waals surface area (Å²) >= 11 is 1.38. The van der Waals surface area contributed by atoms with E-state index in [9.17, 15) is 14.0 Å². The lowest BCUT2D eigenvalue weighted by Gasteiger charge is -2.05. The predicted octanol–water partition coefficient (Wildman–Crippen LogP) is 2.20. The quantitative estimate of drug-likeness (QED) is 0.887. The number of anilines is 1. The molecule has 0 aliphatic carbocycles. The summed E-state index contributed by atoms with van der Waals surface area (Å²) in [5, 5.41) is 5.63. The Labute approximate surface area is 131 Å². The van der Waals surface area contributed by atoms with Crippen molar-refractivity contribution in [3.8, 4) is 0 Å². The maximum absolute atomic E-state index is 13.0. The molecule has 0 aliphatic heterocycles. The van der Waals surface area contributed by atoms with Crippen molar-refractivity contribution in [3.05, 3.63) is 46.2 Å². The van der Waals surface area contributed by atoms with Crippen molar-refractivity contribution in [1.82, 2.24) is 10.3 Å². The van der Waals surface area contributed by atoms with Crippen molar-refractivity contribution in [2.24, 2.45) is 0 Å². The van der Waals surface area contributed by atoms with Gasteiger partial charge in [-0.1, -0.05) is 12.1 Å². The van der Waals surface area contributed by atoms with Gasteiger partial charge in [0.1, 0.15) is 5.82 Å². The van der Waals surface area contributed by atoms with E-state index >= 15 is 0 Å². The summed E-state index contributed by atoms with van der Waals surface area (Å²) in [6, 6.07) is 5.80. The summed E-state index contributed by atoms with van der Waals surface area (Å²) in [6.07, 6.45) is 0.0283. The van der Waals surface area contributed by atoms with Gasteiger partial charge in [-0.2, -0.15) is 0 Å². The van der Waals surface area contributed by atoms with Gasteiger partial charge in [-0.15, -0.1) is 11.3 Å². The molecule has 1 aromatic carbocycles. The molecule has 0 atom stereocenters. The number of carbonyl (C=O) groups is 2. The van der Waals surface area contributed by atoms with Gasteiger partial charge in [0, 0.05) is 4.88 Å². The van der Waals surface area contributed by atoms with E-state index in [0.29, 0.717) is 10.7 Å². The second kappa shape index (κ2) is 7.13. The summed E-state index contributed by atoms with van der Waals surface area (Å²) < 4.78 is 13.0. The molecule has 7 heteroatoms. The summed E-state index contributed by atoms with van der Waals surface area (Å²) in [6.45, 7) is 3.64. The van der Waals surface area contributed by atoms with Gasteiger partial charge in [-0.3, -0.25) is 9.59 Å². The van der Waals surface area contributed by atoms with Gasteiger partial charge in [0.2, 0.25) is 11.8 Å². The lowest BCUT2D eigenvalue weighted by atomic mass is 10.1. The predicted molar refractivity (Wildman–Crippen MR) is 83.3 cm³/mol. The number of rotatable bonds is 5. The van der Waals surface area contributed by atoms with Gasteiger partial charge in [0.15, 0.2) is 5.13 Å². The van der Waals surface area contributed by atoms with Gasteiger partial charge < -0.3 is 10.6 Å². The van der Waals surface area contributed by atoms with Crippen molar-refractivity contribution < 1.29 is 14.0 Å². The van der Waals surface area contributed by atoms with Crippen molar-refractivity contribution >= 4 is 28.3 Å². The maximum atomic E-state index is 13.0. The SMILES string of the molecule is Cc1nc(NC(=O)CNC(=O)Cc2cccc(F)c2)sc1C. The van der Waals surface area contributed by atoms with Crippen LogP contribution < -0.4 is 10.6 Å². The summed E-state index contributed by atoms with van der Waals surface area (Å²) in [4.78, 5) is 28.7. The first-order chi connectivity index (χ1) is 10.4. The van der Waals surface area contributed by atoms with Crippen LogP contribution in [0.1, 0.15) is 16.1 Å². The highest BCUT2D eigenvalue weighted by molar-refractivity contribution is 7.15. The minimum Gasteiger partial charge on any atom is -0.347 e. The fourth-order valence-electron chi connectivity index (χ4n) is 1.76. The number of nitrogens with zero attached hydrogens (tertiary/aromatic N) is 1. The number of benzene rings is 1. The maximum Gasteiger partial charge on any atom is 0.245 e. The van der Waals surface area contributed by atoms with Crippen LogP contribution >= 0.6 is 11.3 Å². The van der Waals surface area contributed by atoms with E-state index in [-0.39, 0.29) is 24.8 Å². The number of aromatic nitrogens is 1. The molecule has 0 spiro atoms. The molecule has 0 saturated carbocycles. The highest BCUT2D eigenvalue weighted by atomic mass is 32.1. The highest BCUT2D eigenvalue weighted by Gasteiger charge is 2.10. The second-order valence-electron chi connectivity index (χ2n) is 4.79. The molecule has 0 radical (unpaired) electrons. The number of halogens is 1. The molecule has 0 unspecified atom stereocenters. The van der Waals surface area contributed by atoms with Crippen LogP contribution in [-0.2, 0) is 16.0 Å². The van der Waals surface area contributed by atoms with Gasteiger partial charge in [0.25, 0.3) is 0 Å². The Hall–Kier alpha value is -2.28. The first-order valence-corrected chi connectivity index (χ1v) is 7.50. The fourth-order valence-corrected chi connectivity index (χ4v) is 2.59. The number of aryl methyl sites for hydroxylation is 2. The topological polar surface area (TPSA) is 71.1 Å². The molecule has 22 heavy (non-hydrogen) atoms. The molecule has 2 N–H and O–H groups in total. The van der Waals surface area contributed by atoms with Crippen molar-refractivity contribution in [2.75, 3.05) is 11.9 Å². The molecule has 2 rings (SSSR count). The minimum atomic E-state index is -0.391. The summed E-state index contributed by atoms with van der Waals surface area (Å²) in [5.74, 6) is -1.08. The Morgan fingerprint density at radius 3 is 2.68 bits per heavy atom. The molecule has 5 nitrogen and oxygen atoms in total. The number of carbonyl (C=O) groups excluding carboxylic acids is 2. The van der Waals surface area contributed by atoms with Gasteiger partial charge in [-0.25, -0.2) is 9.37 Å². The third-order valence-corrected chi connectivity index (χ3v) is 3.96. The number of amides is 2. The number of thiazole rings is 1. The van der Waals surface area contributed by atoms with Crippen LogP contribution in [0.5, 0.6) is 0 Å². The van der Waals surface area contributed by atoms with Crippen molar-refractivity contribution in [1.29, 1.82) is 0 Å². The van der Waals surface area contributed by atoms with Crippen LogP contribution in [0.25, 0.3) is 0 Å². The minimum absolute atomic E-state index is 0.0283. The van der Waals surface area contributed by atoms with E-state index in [0.717, 1.165) is 10.6 Å². The first-order valence-electron chi connectivity index (χ1n) is 6.69. The van der Waals surface area contributed by atoms with E-state index in [1.807, 2.05) is 13.8 Å². The summed E-state index contributed by atoms with van der Waals surface area (Å²) in [7, 11) is 0. The van der Waals surface area contributed by atoms with Crippen LogP contribution in [0.3, 0.4) is 0 Å². The number of hydrogen-bond acceptors (Lipinski definition) is 4. The Bertz CT molecular complexity index is 680. The average Bonchev–Trinajstić information content (AvgIpc) is 2.75. The Morgan fingerprint density at radius 1 is 1.27 bits per heavy atom. The van der Waals surface area contributed by atoms with Crippen LogP contribution in [0.2, 0.25) is 0 Å². The normalized spacial score (nSPS) is 10.3. The monoisotopic (exact) mass is 321 g/mol. The molecule has 0 bridgehead atoms. The van der Waals surface area contributed by atoms with Gasteiger partial charge in [-0.05, 0) is 31.5 Å². The van der Waals surface area contributed by atoms with Gasteiger partial charge in [0.05, 0.1) is 18.7 Å². The molecule has 0 aliphatic rings. The smallest absolute Gasteiger partial charge is 0.245 e. The van der Waals surface area contributed by atoms with E-state index in [4.69, 9.17) is 0 Å². The third-order valence-electron chi connectivity index (χ3n) is 2.97. The van der Waals surface area contributed by atoms with Crippen LogP contribution in [0.15, 0.2) is 24.3 Å². The van der Waals surface area contributed by atoms with E-state index in [1.54, 1.807) is 6.07 Å². The molecule has 2 amide bonds. The highest BCUT2D eigenvalue weighted by Crippen LogP contribution is 2.20. The lowest BCUT2D eigenvalue weighted by Crippen LogP contribution is -2.33. The second-order valence-corrected chi connectivity index (χ2v) is 6.00. The van der Waals surface area contributed by atoms with Crippen LogP contribution in [-0.4, -0.2) is 23.3 Å². The molecule has 0 fully saturated rings. The largest absolute Gasteiger partial charge is 0.347 e. The van der Waals surface area contributed by atoms with E-state index < -0.39 is 5.82 Å². The Morgan fingerprint density at radius 2 is 2.05 bits per heavy atom. The average molecular weight is 321 g/mol. The van der Waals surface area contributed by atoms with Crippen LogP contribution in [0.4, 0.5) is 9.52 Å². The lowest BCUT2D eigenvalue weighted by molar-refractivity contribution is -0.123. The molecule has 116 valence electrons. The van der Waals surface area contributed by atoms with E-state index in [1.165, 1.54) is 29.5 Å². The van der Waals surface area contributed by atoms with Crippen molar-refractivity contribution in [3.63, 3.8) is 0 Å². The summed E-state index contributed by atoms with van der Waals surface area (Å²) in [5.41, 5.74) is 1.43. The Kier molecular flexibility index (Phi) is 5.21. The number of nitrogens with one attached hydrogen (secondary N) is 2. The first kappa shape index (κ1) is 16.1. The Balaban J connectivity index is 1.79. The van der Waals surface area contributed by atoms with Crippen LogP contribution in [0, 0.1) is 19.7 Å². The van der Waals surface area contributed by atoms with Crippen molar-refractivity contribution in [2.45, 2.75) is 20.3 Å². The molecule has 1 heterocycles. The zero-order valence-electron chi connectivity index (χ0n) is 12.3. The zero-order valence-corrected chi connectivity index (χ0v) is 13.1. The molecule has 2 aromatic rings. The molecule has 1 aromatic heterocycles. The van der Waals surface area contributed by atoms with E-state index in [2.05, 4.69) is 15.6 Å². The standard InChI is InChI=1S/C15H16FN3O2S/c1-9-10(2)22-15(18-9)19-14(21)8-17-13(20)7-11-4-3-5-12(16)6-11/h3-6H,7-8H2,1-2H3,(H,17,20)(H,18,19,21).